The van der Waals surface area contributed by atoms with Crippen molar-refractivity contribution in [2.24, 2.45) is 11.5 Å². The summed E-state index contributed by atoms with van der Waals surface area (Å²) in [5.74, 6) is -0.262. The smallest absolute Gasteiger partial charge is 0.234 e. The van der Waals surface area contributed by atoms with Gasteiger partial charge in [-0.3, -0.25) is 15.1 Å². The lowest BCUT2D eigenvalue weighted by atomic mass is 10.1. The summed E-state index contributed by atoms with van der Waals surface area (Å²) >= 11 is 1.54. The molecule has 3 unspecified atom stereocenters. The molecule has 1 aromatic rings. The van der Waals surface area contributed by atoms with Gasteiger partial charge in [0.05, 0.1) is 12.1 Å². The van der Waals surface area contributed by atoms with Gasteiger partial charge in [-0.25, -0.2) is 0 Å². The number of hydrogen-bond acceptors (Lipinski definition) is 5. The zero-order chi connectivity index (χ0) is 14.9. The third kappa shape index (κ3) is 2.84. The Kier molecular flexibility index (Phi) is 4.42. The lowest BCUT2D eigenvalue weighted by Crippen LogP contribution is -2.41. The number of primary amides is 1. The quantitative estimate of drug-likeness (QED) is 0.548. The summed E-state index contributed by atoms with van der Waals surface area (Å²) in [6.45, 7) is 2.71. The van der Waals surface area contributed by atoms with Crippen molar-refractivity contribution in [1.29, 1.82) is 5.41 Å². The summed E-state index contributed by atoms with van der Waals surface area (Å²) in [6.07, 6.45) is 0.656. The normalized spacial score (nSPS) is 24.7. The Morgan fingerprint density at radius 3 is 2.80 bits per heavy atom. The van der Waals surface area contributed by atoms with Crippen LogP contribution in [-0.4, -0.2) is 42.4 Å². The van der Waals surface area contributed by atoms with Crippen LogP contribution in [0.4, 0.5) is 0 Å². The van der Waals surface area contributed by atoms with E-state index < -0.39 is 0 Å². The molecule has 110 valence electrons. The Hall–Kier alpha value is -1.44. The second-order valence-electron chi connectivity index (χ2n) is 5.04. The van der Waals surface area contributed by atoms with Crippen molar-refractivity contribution in [3.63, 3.8) is 0 Å². The molecule has 2 heterocycles. The van der Waals surface area contributed by atoms with Crippen molar-refractivity contribution in [2.75, 3.05) is 13.7 Å². The zero-order valence-corrected chi connectivity index (χ0v) is 12.4. The number of hydrogen-bond donors (Lipinski definition) is 3. The van der Waals surface area contributed by atoms with Gasteiger partial charge in [-0.2, -0.15) is 0 Å². The van der Waals surface area contributed by atoms with E-state index in [-0.39, 0.29) is 29.9 Å². The second kappa shape index (κ2) is 5.90. The van der Waals surface area contributed by atoms with E-state index in [1.807, 2.05) is 18.4 Å². The van der Waals surface area contributed by atoms with Gasteiger partial charge in [-0.1, -0.05) is 0 Å². The van der Waals surface area contributed by atoms with Gasteiger partial charge in [-0.15, -0.1) is 11.3 Å². The Morgan fingerprint density at radius 2 is 2.30 bits per heavy atom. The molecule has 1 saturated heterocycles. The van der Waals surface area contributed by atoms with E-state index in [1.54, 1.807) is 7.11 Å². The SMILES string of the molecule is COC1CC(C(N)=O)N(C(C)c2cc(C(=N)N)cs2)C1. The molecule has 1 fully saturated rings. The summed E-state index contributed by atoms with van der Waals surface area (Å²) in [6, 6.07) is 1.64. The molecule has 6 nitrogen and oxygen atoms in total. The first-order chi connectivity index (χ1) is 9.43. The number of methoxy groups -OCH3 is 1. The van der Waals surface area contributed by atoms with Crippen LogP contribution in [0.2, 0.25) is 0 Å². The summed E-state index contributed by atoms with van der Waals surface area (Å²) in [5, 5.41) is 9.30. The van der Waals surface area contributed by atoms with Crippen molar-refractivity contribution in [3.05, 3.63) is 21.9 Å². The number of nitrogens with zero attached hydrogens (tertiary/aromatic N) is 1. The monoisotopic (exact) mass is 296 g/mol. The van der Waals surface area contributed by atoms with Crippen LogP contribution in [-0.2, 0) is 9.53 Å². The van der Waals surface area contributed by atoms with Gasteiger partial charge in [0.1, 0.15) is 5.84 Å². The Morgan fingerprint density at radius 1 is 1.60 bits per heavy atom. The van der Waals surface area contributed by atoms with Crippen LogP contribution in [0.15, 0.2) is 11.4 Å². The number of nitrogen functional groups attached to an aromatic ring is 1. The van der Waals surface area contributed by atoms with Gasteiger partial charge in [-0.05, 0) is 19.4 Å². The standard InChI is InChI=1S/C13H20N4O2S/c1-7(11-3-8(6-20-11)12(14)15)17-5-9(19-2)4-10(17)13(16)18/h3,6-7,9-10H,4-5H2,1-2H3,(H3,14,15)(H2,16,18). The molecular weight excluding hydrogens is 276 g/mol. The minimum Gasteiger partial charge on any atom is -0.384 e. The molecule has 0 spiro atoms. The summed E-state index contributed by atoms with van der Waals surface area (Å²) in [4.78, 5) is 14.7. The van der Waals surface area contributed by atoms with Crippen LogP contribution in [0.1, 0.15) is 29.8 Å². The number of likely N-dealkylation sites (tertiary alicyclic amines) is 1. The number of amides is 1. The van der Waals surface area contributed by atoms with Crippen molar-refractivity contribution in [3.8, 4) is 0 Å². The number of carbonyl (C=O) groups is 1. The maximum absolute atomic E-state index is 11.6. The van der Waals surface area contributed by atoms with E-state index in [0.29, 0.717) is 13.0 Å². The highest BCUT2D eigenvalue weighted by Gasteiger charge is 2.39. The van der Waals surface area contributed by atoms with Crippen LogP contribution in [0.25, 0.3) is 0 Å². The van der Waals surface area contributed by atoms with Crippen LogP contribution in [0, 0.1) is 5.41 Å². The van der Waals surface area contributed by atoms with Crippen molar-refractivity contribution in [1.82, 2.24) is 4.90 Å². The molecule has 7 heteroatoms. The first kappa shape index (κ1) is 15.0. The fourth-order valence-corrected chi connectivity index (χ4v) is 3.56. The highest BCUT2D eigenvalue weighted by molar-refractivity contribution is 7.10. The van der Waals surface area contributed by atoms with Crippen LogP contribution in [0.5, 0.6) is 0 Å². The highest BCUT2D eigenvalue weighted by Crippen LogP contribution is 2.33. The number of ether oxygens (including phenoxy) is 1. The average molecular weight is 296 g/mol. The second-order valence-corrected chi connectivity index (χ2v) is 5.98. The molecular formula is C13H20N4O2S. The molecule has 0 aromatic carbocycles. The summed E-state index contributed by atoms with van der Waals surface area (Å²) in [7, 11) is 1.65. The molecule has 0 saturated carbocycles. The largest absolute Gasteiger partial charge is 0.384 e. The number of nitrogens with one attached hydrogen (secondary N) is 1. The van der Waals surface area contributed by atoms with Gasteiger partial charge in [0.15, 0.2) is 0 Å². The van der Waals surface area contributed by atoms with Gasteiger partial charge in [0.2, 0.25) is 5.91 Å². The van der Waals surface area contributed by atoms with E-state index in [1.165, 1.54) is 11.3 Å². The lowest BCUT2D eigenvalue weighted by Gasteiger charge is -2.27. The minimum atomic E-state index is -0.320. The molecule has 0 aliphatic carbocycles. The number of amidine groups is 1. The van der Waals surface area contributed by atoms with Crippen LogP contribution in [0.3, 0.4) is 0 Å². The third-order valence-corrected chi connectivity index (χ3v) is 4.91. The van der Waals surface area contributed by atoms with E-state index in [9.17, 15) is 4.79 Å². The first-order valence-corrected chi connectivity index (χ1v) is 7.32. The fourth-order valence-electron chi connectivity index (χ4n) is 2.58. The van der Waals surface area contributed by atoms with Gasteiger partial charge in [0, 0.05) is 35.5 Å². The number of nitrogens with two attached hydrogens (primary N) is 2. The topological polar surface area (TPSA) is 105 Å². The Labute approximate surface area is 122 Å². The van der Waals surface area contributed by atoms with Crippen molar-refractivity contribution >= 4 is 23.1 Å². The fraction of sp³-hybridized carbons (Fsp3) is 0.538. The van der Waals surface area contributed by atoms with Gasteiger partial charge in [0.25, 0.3) is 0 Å². The molecule has 5 N–H and O–H groups in total. The third-order valence-electron chi connectivity index (χ3n) is 3.80. The van der Waals surface area contributed by atoms with Gasteiger partial charge >= 0.3 is 0 Å². The predicted molar refractivity (Wildman–Crippen MR) is 78.9 cm³/mol. The molecule has 1 aliphatic heterocycles. The molecule has 0 bridgehead atoms. The average Bonchev–Trinajstić information content (AvgIpc) is 3.04. The predicted octanol–water partition coefficient (Wildman–Crippen LogP) is 0.668. The highest BCUT2D eigenvalue weighted by atomic mass is 32.1. The van der Waals surface area contributed by atoms with E-state index >= 15 is 0 Å². The van der Waals surface area contributed by atoms with Crippen LogP contribution >= 0.6 is 11.3 Å². The summed E-state index contributed by atoms with van der Waals surface area (Å²) in [5.41, 5.74) is 11.7. The molecule has 1 aromatic heterocycles. The molecule has 1 amide bonds. The maximum Gasteiger partial charge on any atom is 0.234 e. The van der Waals surface area contributed by atoms with Gasteiger partial charge < -0.3 is 16.2 Å². The number of carbonyl (C=O) groups excluding carboxylic acids is 1. The Bertz CT molecular complexity index is 516. The first-order valence-electron chi connectivity index (χ1n) is 6.44. The van der Waals surface area contributed by atoms with Crippen LogP contribution < -0.4 is 11.5 Å². The van der Waals surface area contributed by atoms with E-state index in [4.69, 9.17) is 21.6 Å². The maximum atomic E-state index is 11.6. The molecule has 20 heavy (non-hydrogen) atoms. The molecule has 0 radical (unpaired) electrons. The molecule has 2 rings (SSSR count). The minimum absolute atomic E-state index is 0.0298. The number of thiophene rings is 1. The number of rotatable bonds is 5. The van der Waals surface area contributed by atoms with E-state index in [0.717, 1.165) is 10.4 Å². The Balaban J connectivity index is 2.19. The van der Waals surface area contributed by atoms with E-state index in [2.05, 4.69) is 4.90 Å². The zero-order valence-electron chi connectivity index (χ0n) is 11.6. The molecule has 1 aliphatic rings. The van der Waals surface area contributed by atoms with Crippen molar-refractivity contribution in [2.45, 2.75) is 31.5 Å². The lowest BCUT2D eigenvalue weighted by molar-refractivity contribution is -0.122. The molecule has 3 atom stereocenters. The van der Waals surface area contributed by atoms with Crippen molar-refractivity contribution < 1.29 is 9.53 Å². The summed E-state index contributed by atoms with van der Waals surface area (Å²) < 4.78 is 5.35.